The molecule has 1 aromatic rings. The van der Waals surface area contributed by atoms with Gasteiger partial charge in [-0.1, -0.05) is 0 Å². The molecule has 0 bridgehead atoms. The molecule has 0 spiro atoms. The van der Waals surface area contributed by atoms with Gasteiger partial charge in [0.2, 0.25) is 0 Å². The number of nitriles is 1. The van der Waals surface area contributed by atoms with Crippen LogP contribution in [-0.4, -0.2) is 29.8 Å². The van der Waals surface area contributed by atoms with Crippen LogP contribution >= 0.6 is 0 Å². The van der Waals surface area contributed by atoms with Crippen molar-refractivity contribution in [1.82, 2.24) is 4.90 Å². The Balaban J connectivity index is 1.95. The molecule has 0 unspecified atom stereocenters. The molecule has 0 saturated carbocycles. The Labute approximate surface area is 111 Å². The van der Waals surface area contributed by atoms with Crippen molar-refractivity contribution in [3.8, 4) is 6.07 Å². The Hall–Kier alpha value is -2.35. The van der Waals surface area contributed by atoms with Crippen molar-refractivity contribution in [2.75, 3.05) is 18.4 Å². The lowest BCUT2D eigenvalue weighted by Crippen LogP contribution is -2.42. The zero-order valence-corrected chi connectivity index (χ0v) is 10.6. The van der Waals surface area contributed by atoms with Crippen LogP contribution in [0, 0.1) is 11.3 Å². The van der Waals surface area contributed by atoms with Crippen LogP contribution in [-0.2, 0) is 9.59 Å². The average Bonchev–Trinajstić information content (AvgIpc) is 2.48. The number of benzene rings is 1. The minimum absolute atomic E-state index is 0.482. The number of hydrogen-bond donors (Lipinski definition) is 1. The van der Waals surface area contributed by atoms with Crippen molar-refractivity contribution in [3.63, 3.8) is 0 Å². The van der Waals surface area contributed by atoms with Crippen molar-refractivity contribution in [2.45, 2.75) is 19.3 Å². The summed E-state index contributed by atoms with van der Waals surface area (Å²) in [6.07, 6.45) is 3.02. The number of amides is 2. The monoisotopic (exact) mass is 257 g/mol. The van der Waals surface area contributed by atoms with Crippen molar-refractivity contribution in [3.05, 3.63) is 29.8 Å². The van der Waals surface area contributed by atoms with E-state index in [1.807, 2.05) is 6.07 Å². The SMILES string of the molecule is N#Cc1ccc(NC(=O)C(=O)N2CCCCC2)cc1. The fraction of sp³-hybridized carbons (Fsp3) is 0.357. The lowest BCUT2D eigenvalue weighted by Gasteiger charge is -2.25. The van der Waals surface area contributed by atoms with E-state index in [9.17, 15) is 9.59 Å². The van der Waals surface area contributed by atoms with Crippen LogP contribution in [0.1, 0.15) is 24.8 Å². The number of anilines is 1. The van der Waals surface area contributed by atoms with Gasteiger partial charge in [-0.2, -0.15) is 5.26 Å². The first-order valence-corrected chi connectivity index (χ1v) is 6.31. The largest absolute Gasteiger partial charge is 0.334 e. The van der Waals surface area contributed by atoms with Gasteiger partial charge in [0.05, 0.1) is 11.6 Å². The second-order valence-corrected chi connectivity index (χ2v) is 4.50. The molecule has 0 aliphatic carbocycles. The summed E-state index contributed by atoms with van der Waals surface area (Å²) >= 11 is 0. The molecule has 1 aromatic carbocycles. The summed E-state index contributed by atoms with van der Waals surface area (Å²) in [5.74, 6) is -1.10. The van der Waals surface area contributed by atoms with E-state index in [1.165, 1.54) is 0 Å². The van der Waals surface area contributed by atoms with E-state index < -0.39 is 11.8 Å². The van der Waals surface area contributed by atoms with Crippen molar-refractivity contribution in [1.29, 1.82) is 5.26 Å². The highest BCUT2D eigenvalue weighted by Crippen LogP contribution is 2.11. The van der Waals surface area contributed by atoms with E-state index in [2.05, 4.69) is 5.32 Å². The predicted octanol–water partition coefficient (Wildman–Crippen LogP) is 1.51. The van der Waals surface area contributed by atoms with Crippen LogP contribution in [0.5, 0.6) is 0 Å². The number of likely N-dealkylation sites (tertiary alicyclic amines) is 1. The van der Waals surface area contributed by atoms with Gasteiger partial charge >= 0.3 is 11.8 Å². The summed E-state index contributed by atoms with van der Waals surface area (Å²) < 4.78 is 0. The van der Waals surface area contributed by atoms with Gasteiger partial charge < -0.3 is 10.2 Å². The number of nitrogens with one attached hydrogen (secondary N) is 1. The van der Waals surface area contributed by atoms with Crippen LogP contribution in [0.25, 0.3) is 0 Å². The Morgan fingerprint density at radius 3 is 2.32 bits per heavy atom. The molecule has 1 N–H and O–H groups in total. The van der Waals surface area contributed by atoms with Crippen LogP contribution in [0.15, 0.2) is 24.3 Å². The normalized spacial score (nSPS) is 14.6. The highest BCUT2D eigenvalue weighted by atomic mass is 16.2. The molecule has 1 fully saturated rings. The number of nitrogens with zero attached hydrogens (tertiary/aromatic N) is 2. The quantitative estimate of drug-likeness (QED) is 0.775. The van der Waals surface area contributed by atoms with Crippen LogP contribution in [0.2, 0.25) is 0 Å². The molecule has 1 aliphatic heterocycles. The molecular weight excluding hydrogens is 242 g/mol. The number of hydrogen-bond acceptors (Lipinski definition) is 3. The number of rotatable bonds is 1. The molecule has 98 valence electrons. The molecule has 5 heteroatoms. The third kappa shape index (κ3) is 3.32. The zero-order valence-electron chi connectivity index (χ0n) is 10.6. The van der Waals surface area contributed by atoms with E-state index in [1.54, 1.807) is 29.2 Å². The Kier molecular flexibility index (Phi) is 4.14. The minimum Gasteiger partial charge on any atom is -0.334 e. The maximum Gasteiger partial charge on any atom is 0.313 e. The molecular formula is C14H15N3O2. The van der Waals surface area contributed by atoms with E-state index in [0.29, 0.717) is 24.3 Å². The van der Waals surface area contributed by atoms with Gasteiger partial charge in [-0.25, -0.2) is 0 Å². The molecule has 1 aliphatic rings. The van der Waals surface area contributed by atoms with Gasteiger partial charge in [0.15, 0.2) is 0 Å². The number of carbonyl (C=O) groups is 2. The van der Waals surface area contributed by atoms with Crippen molar-refractivity contribution in [2.24, 2.45) is 0 Å². The smallest absolute Gasteiger partial charge is 0.313 e. The first-order chi connectivity index (χ1) is 9.20. The molecule has 2 amide bonds. The topological polar surface area (TPSA) is 73.2 Å². The van der Waals surface area contributed by atoms with Crippen LogP contribution in [0.4, 0.5) is 5.69 Å². The summed E-state index contributed by atoms with van der Waals surface area (Å²) in [7, 11) is 0. The minimum atomic E-state index is -0.619. The van der Waals surface area contributed by atoms with Crippen molar-refractivity contribution < 1.29 is 9.59 Å². The predicted molar refractivity (Wildman–Crippen MR) is 70.2 cm³/mol. The maximum atomic E-state index is 11.9. The summed E-state index contributed by atoms with van der Waals surface area (Å²) in [4.78, 5) is 25.3. The molecule has 1 saturated heterocycles. The maximum absolute atomic E-state index is 11.9. The zero-order chi connectivity index (χ0) is 13.7. The summed E-state index contributed by atoms with van der Waals surface area (Å²) in [5, 5.41) is 11.2. The van der Waals surface area contributed by atoms with E-state index >= 15 is 0 Å². The summed E-state index contributed by atoms with van der Waals surface area (Å²) in [6.45, 7) is 1.30. The van der Waals surface area contributed by atoms with Gasteiger partial charge in [-0.3, -0.25) is 9.59 Å². The molecule has 0 atom stereocenters. The standard InChI is InChI=1S/C14H15N3O2/c15-10-11-4-6-12(7-5-11)16-13(18)14(19)17-8-2-1-3-9-17/h4-7H,1-3,8-9H2,(H,16,18). The summed E-state index contributed by atoms with van der Waals surface area (Å²) in [6, 6.07) is 8.41. The Bertz CT molecular complexity index is 510. The van der Waals surface area contributed by atoms with Gasteiger partial charge in [0.25, 0.3) is 0 Å². The lowest BCUT2D eigenvalue weighted by molar-refractivity contribution is -0.143. The second-order valence-electron chi connectivity index (χ2n) is 4.50. The molecule has 19 heavy (non-hydrogen) atoms. The molecule has 1 heterocycles. The van der Waals surface area contributed by atoms with Gasteiger partial charge in [0, 0.05) is 18.8 Å². The van der Waals surface area contributed by atoms with Crippen LogP contribution < -0.4 is 5.32 Å². The fourth-order valence-electron chi connectivity index (χ4n) is 2.05. The first kappa shape index (κ1) is 13.1. The summed E-state index contributed by atoms with van der Waals surface area (Å²) in [5.41, 5.74) is 1.04. The molecule has 0 aromatic heterocycles. The Morgan fingerprint density at radius 2 is 1.74 bits per heavy atom. The van der Waals surface area contributed by atoms with Crippen LogP contribution in [0.3, 0.4) is 0 Å². The molecule has 5 nitrogen and oxygen atoms in total. The van der Waals surface area contributed by atoms with E-state index in [4.69, 9.17) is 5.26 Å². The third-order valence-corrected chi connectivity index (χ3v) is 3.11. The van der Waals surface area contributed by atoms with E-state index in [-0.39, 0.29) is 0 Å². The average molecular weight is 257 g/mol. The molecule has 2 rings (SSSR count). The Morgan fingerprint density at radius 1 is 1.11 bits per heavy atom. The van der Waals surface area contributed by atoms with Gasteiger partial charge in [-0.05, 0) is 43.5 Å². The number of carbonyl (C=O) groups excluding carboxylic acids is 2. The number of piperidine rings is 1. The highest BCUT2D eigenvalue weighted by molar-refractivity contribution is 6.39. The highest BCUT2D eigenvalue weighted by Gasteiger charge is 2.23. The van der Waals surface area contributed by atoms with E-state index in [0.717, 1.165) is 19.3 Å². The van der Waals surface area contributed by atoms with Gasteiger partial charge in [0.1, 0.15) is 0 Å². The molecule has 0 radical (unpaired) electrons. The van der Waals surface area contributed by atoms with Crippen molar-refractivity contribution >= 4 is 17.5 Å². The fourth-order valence-corrected chi connectivity index (χ4v) is 2.05. The second kappa shape index (κ2) is 6.01. The first-order valence-electron chi connectivity index (χ1n) is 6.31. The lowest BCUT2D eigenvalue weighted by atomic mass is 10.1. The van der Waals surface area contributed by atoms with Gasteiger partial charge in [-0.15, -0.1) is 0 Å². The third-order valence-electron chi connectivity index (χ3n) is 3.11.